The monoisotopic (exact) mass is 320 g/mol. The number of rotatable bonds is 8. The number of methoxy groups -OCH3 is 1. The molecule has 128 valence electrons. The highest BCUT2D eigenvalue weighted by molar-refractivity contribution is 5.81. The van der Waals surface area contributed by atoms with Crippen LogP contribution >= 0.6 is 0 Å². The fourth-order valence-corrected chi connectivity index (χ4v) is 1.89. The molecule has 1 amide bonds. The standard InChI is InChI=1S/C17H28N4O2/c1-5-13(2)21-16(22)10-11-19-17(18-3)20-12-14-6-8-15(23-4)9-7-14/h6-9,13H,5,10-12H2,1-4H3,(H,21,22)(H2,18,19,20). The third-order valence-electron chi connectivity index (χ3n) is 3.51. The number of benzene rings is 1. The van der Waals surface area contributed by atoms with E-state index in [0.29, 0.717) is 25.5 Å². The van der Waals surface area contributed by atoms with Crippen molar-refractivity contribution in [2.75, 3.05) is 20.7 Å². The van der Waals surface area contributed by atoms with Crippen LogP contribution in [0.25, 0.3) is 0 Å². The Morgan fingerprint density at radius 1 is 1.26 bits per heavy atom. The van der Waals surface area contributed by atoms with Gasteiger partial charge < -0.3 is 20.7 Å². The molecule has 1 aromatic rings. The Bertz CT molecular complexity index is 500. The normalized spacial score (nSPS) is 12.4. The fraction of sp³-hybridized carbons (Fsp3) is 0.529. The van der Waals surface area contributed by atoms with Crippen molar-refractivity contribution in [1.82, 2.24) is 16.0 Å². The lowest BCUT2D eigenvalue weighted by Gasteiger charge is -2.14. The van der Waals surface area contributed by atoms with Crippen LogP contribution in [0.2, 0.25) is 0 Å². The number of hydrogen-bond donors (Lipinski definition) is 3. The van der Waals surface area contributed by atoms with E-state index in [1.807, 2.05) is 38.1 Å². The first kappa shape index (κ1) is 18.8. The summed E-state index contributed by atoms with van der Waals surface area (Å²) >= 11 is 0. The molecule has 0 aliphatic carbocycles. The minimum absolute atomic E-state index is 0.0532. The van der Waals surface area contributed by atoms with Crippen molar-refractivity contribution in [3.8, 4) is 5.75 Å². The van der Waals surface area contributed by atoms with Crippen LogP contribution in [0.4, 0.5) is 0 Å². The van der Waals surface area contributed by atoms with Crippen LogP contribution in [0.1, 0.15) is 32.3 Å². The third-order valence-corrected chi connectivity index (χ3v) is 3.51. The SMILES string of the molecule is CCC(C)NC(=O)CCNC(=NC)NCc1ccc(OC)cc1. The summed E-state index contributed by atoms with van der Waals surface area (Å²) in [6.07, 6.45) is 1.36. The molecule has 1 atom stereocenters. The Balaban J connectivity index is 2.30. The molecule has 0 fully saturated rings. The lowest BCUT2D eigenvalue weighted by Crippen LogP contribution is -2.40. The van der Waals surface area contributed by atoms with E-state index >= 15 is 0 Å². The molecule has 1 unspecified atom stereocenters. The summed E-state index contributed by atoms with van der Waals surface area (Å²) in [4.78, 5) is 15.8. The number of nitrogens with zero attached hydrogens (tertiary/aromatic N) is 1. The van der Waals surface area contributed by atoms with Gasteiger partial charge in [0, 0.05) is 32.6 Å². The summed E-state index contributed by atoms with van der Waals surface area (Å²) in [7, 11) is 3.36. The number of nitrogens with one attached hydrogen (secondary N) is 3. The van der Waals surface area contributed by atoms with Crippen molar-refractivity contribution >= 4 is 11.9 Å². The van der Waals surface area contributed by atoms with Crippen molar-refractivity contribution in [3.05, 3.63) is 29.8 Å². The predicted molar refractivity (Wildman–Crippen MR) is 93.7 cm³/mol. The smallest absolute Gasteiger partial charge is 0.221 e. The molecule has 0 aliphatic rings. The van der Waals surface area contributed by atoms with Gasteiger partial charge in [-0.2, -0.15) is 0 Å². The predicted octanol–water partition coefficient (Wildman–Crippen LogP) is 1.66. The van der Waals surface area contributed by atoms with Gasteiger partial charge >= 0.3 is 0 Å². The van der Waals surface area contributed by atoms with Crippen LogP contribution in [-0.2, 0) is 11.3 Å². The second kappa shape index (κ2) is 10.5. The van der Waals surface area contributed by atoms with Gasteiger partial charge in [-0.05, 0) is 31.0 Å². The van der Waals surface area contributed by atoms with Gasteiger partial charge in [0.15, 0.2) is 5.96 Å². The zero-order valence-electron chi connectivity index (χ0n) is 14.5. The van der Waals surface area contributed by atoms with Gasteiger partial charge in [-0.1, -0.05) is 19.1 Å². The highest BCUT2D eigenvalue weighted by atomic mass is 16.5. The first-order chi connectivity index (χ1) is 11.1. The average Bonchev–Trinajstić information content (AvgIpc) is 2.58. The van der Waals surface area contributed by atoms with Crippen LogP contribution in [-0.4, -0.2) is 38.6 Å². The zero-order chi connectivity index (χ0) is 17.1. The second-order valence-electron chi connectivity index (χ2n) is 5.33. The van der Waals surface area contributed by atoms with Crippen molar-refractivity contribution in [1.29, 1.82) is 0 Å². The molecule has 3 N–H and O–H groups in total. The Hall–Kier alpha value is -2.24. The lowest BCUT2D eigenvalue weighted by atomic mass is 10.2. The zero-order valence-corrected chi connectivity index (χ0v) is 14.5. The van der Waals surface area contributed by atoms with E-state index in [-0.39, 0.29) is 11.9 Å². The minimum Gasteiger partial charge on any atom is -0.497 e. The Kier molecular flexibility index (Phi) is 8.57. The van der Waals surface area contributed by atoms with Gasteiger partial charge in [0.25, 0.3) is 0 Å². The number of guanidine groups is 1. The van der Waals surface area contributed by atoms with Crippen LogP contribution in [0.15, 0.2) is 29.3 Å². The quantitative estimate of drug-likeness (QED) is 0.503. The number of hydrogen-bond acceptors (Lipinski definition) is 3. The molecule has 0 aliphatic heterocycles. The minimum atomic E-state index is 0.0532. The summed E-state index contributed by atoms with van der Waals surface area (Å²) in [5.74, 6) is 1.57. The van der Waals surface area contributed by atoms with Gasteiger partial charge in [0.1, 0.15) is 5.75 Å². The molecule has 23 heavy (non-hydrogen) atoms. The van der Waals surface area contributed by atoms with Gasteiger partial charge in [-0.25, -0.2) is 0 Å². The van der Waals surface area contributed by atoms with Crippen molar-refractivity contribution in [2.45, 2.75) is 39.3 Å². The maximum absolute atomic E-state index is 11.7. The summed E-state index contributed by atoms with van der Waals surface area (Å²) in [5.41, 5.74) is 1.13. The number of carbonyl (C=O) groups is 1. The lowest BCUT2D eigenvalue weighted by molar-refractivity contribution is -0.121. The Labute approximate surface area is 138 Å². The molecule has 0 spiro atoms. The van der Waals surface area contributed by atoms with E-state index in [1.54, 1.807) is 14.2 Å². The number of amides is 1. The van der Waals surface area contributed by atoms with E-state index in [9.17, 15) is 4.79 Å². The summed E-state index contributed by atoms with van der Waals surface area (Å²) in [6, 6.07) is 8.06. The van der Waals surface area contributed by atoms with Crippen LogP contribution in [0.3, 0.4) is 0 Å². The summed E-state index contributed by atoms with van der Waals surface area (Å²) < 4.78 is 5.13. The number of carbonyl (C=O) groups excluding carboxylic acids is 1. The second-order valence-corrected chi connectivity index (χ2v) is 5.33. The largest absolute Gasteiger partial charge is 0.497 e. The molecule has 1 rings (SSSR count). The highest BCUT2D eigenvalue weighted by Crippen LogP contribution is 2.10. The van der Waals surface area contributed by atoms with Crippen LogP contribution in [0.5, 0.6) is 5.75 Å². The molecule has 0 bridgehead atoms. The fourth-order valence-electron chi connectivity index (χ4n) is 1.89. The third kappa shape index (κ3) is 7.54. The number of aliphatic imine (C=N–C) groups is 1. The van der Waals surface area contributed by atoms with Crippen LogP contribution in [0, 0.1) is 0 Å². The first-order valence-corrected chi connectivity index (χ1v) is 7.95. The average molecular weight is 320 g/mol. The van der Waals surface area contributed by atoms with Crippen LogP contribution < -0.4 is 20.7 Å². The number of ether oxygens (including phenoxy) is 1. The van der Waals surface area contributed by atoms with E-state index in [0.717, 1.165) is 17.7 Å². The van der Waals surface area contributed by atoms with E-state index in [4.69, 9.17) is 4.74 Å². The topological polar surface area (TPSA) is 74.8 Å². The molecule has 0 aromatic heterocycles. The van der Waals surface area contributed by atoms with Gasteiger partial charge in [0.2, 0.25) is 5.91 Å². The van der Waals surface area contributed by atoms with E-state index in [2.05, 4.69) is 20.9 Å². The molecule has 6 nitrogen and oxygen atoms in total. The van der Waals surface area contributed by atoms with Crippen molar-refractivity contribution in [3.63, 3.8) is 0 Å². The van der Waals surface area contributed by atoms with Gasteiger partial charge in [0.05, 0.1) is 7.11 Å². The summed E-state index contributed by atoms with van der Waals surface area (Å²) in [5, 5.41) is 9.29. The Morgan fingerprint density at radius 2 is 1.96 bits per heavy atom. The first-order valence-electron chi connectivity index (χ1n) is 7.95. The molecular weight excluding hydrogens is 292 g/mol. The molecular formula is C17H28N4O2. The van der Waals surface area contributed by atoms with E-state index < -0.39 is 0 Å². The maximum Gasteiger partial charge on any atom is 0.221 e. The molecule has 0 saturated carbocycles. The van der Waals surface area contributed by atoms with Gasteiger partial charge in [-0.15, -0.1) is 0 Å². The highest BCUT2D eigenvalue weighted by Gasteiger charge is 2.05. The van der Waals surface area contributed by atoms with Gasteiger partial charge in [-0.3, -0.25) is 9.79 Å². The molecule has 0 saturated heterocycles. The molecule has 0 heterocycles. The van der Waals surface area contributed by atoms with Crippen molar-refractivity contribution < 1.29 is 9.53 Å². The van der Waals surface area contributed by atoms with E-state index in [1.165, 1.54) is 0 Å². The summed E-state index contributed by atoms with van der Waals surface area (Å²) in [6.45, 7) is 5.25. The maximum atomic E-state index is 11.7. The molecule has 1 aromatic carbocycles. The molecule has 6 heteroatoms. The van der Waals surface area contributed by atoms with Crippen molar-refractivity contribution in [2.24, 2.45) is 4.99 Å². The Morgan fingerprint density at radius 3 is 2.52 bits per heavy atom. The molecule has 0 radical (unpaired) electrons.